The van der Waals surface area contributed by atoms with Gasteiger partial charge in [0.25, 0.3) is 11.5 Å². The van der Waals surface area contributed by atoms with Gasteiger partial charge in [0.05, 0.1) is 6.42 Å². The minimum atomic E-state index is -0.718. The quantitative estimate of drug-likeness (QED) is 0.719. The van der Waals surface area contributed by atoms with Crippen molar-refractivity contribution in [1.29, 1.82) is 0 Å². The highest BCUT2D eigenvalue weighted by molar-refractivity contribution is 5.95. The van der Waals surface area contributed by atoms with E-state index in [1.807, 2.05) is 0 Å². The van der Waals surface area contributed by atoms with Crippen LogP contribution in [0.1, 0.15) is 15.9 Å². The molecule has 0 fully saturated rings. The van der Waals surface area contributed by atoms with Gasteiger partial charge in [0.15, 0.2) is 0 Å². The van der Waals surface area contributed by atoms with E-state index in [-0.39, 0.29) is 12.0 Å². The Kier molecular flexibility index (Phi) is 4.45. The number of hydrogen-bond donors (Lipinski definition) is 3. The van der Waals surface area contributed by atoms with E-state index in [1.165, 1.54) is 42.6 Å². The standard InChI is InChI=1S/C14H12FN3O3/c15-10-5-3-9(4-6-10)8-12(19)17-18-14(21)11-2-1-7-16-13(11)20/h1-7H,8H2,(H,16,20)(H,17,19)(H,18,21). The molecule has 0 atom stereocenters. The Morgan fingerprint density at radius 3 is 2.48 bits per heavy atom. The summed E-state index contributed by atoms with van der Waals surface area (Å²) >= 11 is 0. The van der Waals surface area contributed by atoms with Gasteiger partial charge in [-0.25, -0.2) is 4.39 Å². The molecule has 7 heteroatoms. The van der Waals surface area contributed by atoms with Crippen molar-refractivity contribution in [2.75, 3.05) is 0 Å². The first-order valence-electron chi connectivity index (χ1n) is 6.07. The van der Waals surface area contributed by atoms with Crippen LogP contribution in [0.25, 0.3) is 0 Å². The fourth-order valence-electron chi connectivity index (χ4n) is 1.63. The fourth-order valence-corrected chi connectivity index (χ4v) is 1.63. The molecule has 3 N–H and O–H groups in total. The Morgan fingerprint density at radius 2 is 1.81 bits per heavy atom. The number of aromatic nitrogens is 1. The van der Waals surface area contributed by atoms with Crippen LogP contribution < -0.4 is 16.4 Å². The molecule has 0 saturated heterocycles. The van der Waals surface area contributed by atoms with E-state index in [4.69, 9.17) is 0 Å². The molecule has 0 radical (unpaired) electrons. The van der Waals surface area contributed by atoms with E-state index in [9.17, 15) is 18.8 Å². The average Bonchev–Trinajstić information content (AvgIpc) is 2.48. The van der Waals surface area contributed by atoms with Crippen LogP contribution in [-0.2, 0) is 11.2 Å². The summed E-state index contributed by atoms with van der Waals surface area (Å²) in [4.78, 5) is 37.0. The SMILES string of the molecule is O=C(Cc1ccc(F)cc1)NNC(=O)c1ccc[nH]c1=O. The van der Waals surface area contributed by atoms with E-state index in [2.05, 4.69) is 15.8 Å². The lowest BCUT2D eigenvalue weighted by Crippen LogP contribution is -2.43. The van der Waals surface area contributed by atoms with Crippen LogP contribution in [0.5, 0.6) is 0 Å². The molecule has 0 aliphatic heterocycles. The van der Waals surface area contributed by atoms with Crippen LogP contribution in [0.3, 0.4) is 0 Å². The molecule has 6 nitrogen and oxygen atoms in total. The van der Waals surface area contributed by atoms with Crippen molar-refractivity contribution < 1.29 is 14.0 Å². The number of nitrogens with one attached hydrogen (secondary N) is 3. The number of amides is 2. The maximum atomic E-state index is 12.7. The van der Waals surface area contributed by atoms with E-state index in [0.717, 1.165) is 0 Å². The summed E-state index contributed by atoms with van der Waals surface area (Å²) in [5.41, 5.74) is 4.26. The highest BCUT2D eigenvalue weighted by Crippen LogP contribution is 2.03. The van der Waals surface area contributed by atoms with Gasteiger partial charge in [0.1, 0.15) is 11.4 Å². The second-order valence-electron chi connectivity index (χ2n) is 4.22. The molecule has 2 aromatic rings. The molecular weight excluding hydrogens is 277 g/mol. The number of pyridine rings is 1. The third kappa shape index (κ3) is 4.00. The third-order valence-corrected chi connectivity index (χ3v) is 2.66. The Morgan fingerprint density at radius 1 is 1.10 bits per heavy atom. The number of hydrogen-bond acceptors (Lipinski definition) is 3. The van der Waals surface area contributed by atoms with E-state index < -0.39 is 23.2 Å². The summed E-state index contributed by atoms with van der Waals surface area (Å²) in [7, 11) is 0. The first-order valence-corrected chi connectivity index (χ1v) is 6.07. The van der Waals surface area contributed by atoms with Crippen LogP contribution in [0.2, 0.25) is 0 Å². The lowest BCUT2D eigenvalue weighted by molar-refractivity contribution is -0.121. The minimum Gasteiger partial charge on any atom is -0.328 e. The van der Waals surface area contributed by atoms with Gasteiger partial charge in [-0.3, -0.25) is 25.2 Å². The third-order valence-electron chi connectivity index (χ3n) is 2.66. The molecule has 2 rings (SSSR count). The molecule has 108 valence electrons. The summed E-state index contributed by atoms with van der Waals surface area (Å²) in [6.07, 6.45) is 1.37. The molecule has 2 amide bonds. The second kappa shape index (κ2) is 6.47. The fraction of sp³-hybridized carbons (Fsp3) is 0.0714. The molecule has 21 heavy (non-hydrogen) atoms. The number of benzene rings is 1. The normalized spacial score (nSPS) is 9.95. The molecule has 0 aliphatic carbocycles. The molecule has 0 saturated carbocycles. The molecule has 0 bridgehead atoms. The van der Waals surface area contributed by atoms with Gasteiger partial charge in [-0.15, -0.1) is 0 Å². The zero-order chi connectivity index (χ0) is 15.2. The lowest BCUT2D eigenvalue weighted by atomic mass is 10.1. The average molecular weight is 289 g/mol. The number of carbonyl (C=O) groups is 2. The lowest BCUT2D eigenvalue weighted by Gasteiger charge is -2.07. The van der Waals surface area contributed by atoms with Gasteiger partial charge in [0.2, 0.25) is 5.91 Å². The Labute approximate surface area is 119 Å². The van der Waals surface area contributed by atoms with E-state index in [1.54, 1.807) is 0 Å². The van der Waals surface area contributed by atoms with Crippen molar-refractivity contribution in [2.45, 2.75) is 6.42 Å². The molecule has 1 aromatic heterocycles. The molecule has 0 unspecified atom stereocenters. The molecule has 0 aliphatic rings. The summed E-state index contributed by atoms with van der Waals surface area (Å²) in [5.74, 6) is -1.60. The zero-order valence-electron chi connectivity index (χ0n) is 10.9. The van der Waals surface area contributed by atoms with Crippen molar-refractivity contribution in [2.24, 2.45) is 0 Å². The van der Waals surface area contributed by atoms with Crippen LogP contribution in [-0.4, -0.2) is 16.8 Å². The van der Waals surface area contributed by atoms with Gasteiger partial charge >= 0.3 is 0 Å². The summed E-state index contributed by atoms with van der Waals surface area (Å²) in [5, 5.41) is 0. The highest BCUT2D eigenvalue weighted by atomic mass is 19.1. The minimum absolute atomic E-state index is 0.0221. The monoisotopic (exact) mass is 289 g/mol. The number of H-pyrrole nitrogens is 1. The molecule has 0 spiro atoms. The number of aromatic amines is 1. The van der Waals surface area contributed by atoms with Gasteiger partial charge in [0, 0.05) is 6.20 Å². The largest absolute Gasteiger partial charge is 0.328 e. The number of hydrazine groups is 1. The van der Waals surface area contributed by atoms with Crippen molar-refractivity contribution in [3.8, 4) is 0 Å². The van der Waals surface area contributed by atoms with Crippen molar-refractivity contribution in [3.05, 3.63) is 69.9 Å². The Hall–Kier alpha value is -2.96. The van der Waals surface area contributed by atoms with Gasteiger partial charge in [-0.05, 0) is 29.8 Å². The van der Waals surface area contributed by atoms with Crippen LogP contribution >= 0.6 is 0 Å². The Bertz CT molecular complexity index is 710. The van der Waals surface area contributed by atoms with E-state index >= 15 is 0 Å². The van der Waals surface area contributed by atoms with Gasteiger partial charge < -0.3 is 4.98 Å². The van der Waals surface area contributed by atoms with Crippen molar-refractivity contribution in [1.82, 2.24) is 15.8 Å². The first kappa shape index (κ1) is 14.4. The van der Waals surface area contributed by atoms with Crippen molar-refractivity contribution >= 4 is 11.8 Å². The predicted molar refractivity (Wildman–Crippen MR) is 72.8 cm³/mol. The zero-order valence-corrected chi connectivity index (χ0v) is 10.9. The first-order chi connectivity index (χ1) is 10.1. The summed E-state index contributed by atoms with van der Waals surface area (Å²) in [6, 6.07) is 8.25. The summed E-state index contributed by atoms with van der Waals surface area (Å²) < 4.78 is 12.7. The van der Waals surface area contributed by atoms with Crippen LogP contribution in [0.15, 0.2) is 47.4 Å². The Balaban J connectivity index is 1.89. The number of carbonyl (C=O) groups excluding carboxylic acids is 2. The maximum absolute atomic E-state index is 12.7. The van der Waals surface area contributed by atoms with Crippen molar-refractivity contribution in [3.63, 3.8) is 0 Å². The topological polar surface area (TPSA) is 91.1 Å². The summed E-state index contributed by atoms with van der Waals surface area (Å²) in [6.45, 7) is 0. The molecular formula is C14H12FN3O3. The number of halogens is 1. The highest BCUT2D eigenvalue weighted by Gasteiger charge is 2.10. The van der Waals surface area contributed by atoms with E-state index in [0.29, 0.717) is 5.56 Å². The number of rotatable bonds is 3. The van der Waals surface area contributed by atoms with Crippen LogP contribution in [0, 0.1) is 5.82 Å². The molecule has 1 heterocycles. The van der Waals surface area contributed by atoms with Gasteiger partial charge in [-0.1, -0.05) is 12.1 Å². The van der Waals surface area contributed by atoms with Crippen LogP contribution in [0.4, 0.5) is 4.39 Å². The predicted octanol–water partition coefficient (Wildman–Crippen LogP) is 0.518. The second-order valence-corrected chi connectivity index (χ2v) is 4.22. The molecule has 1 aromatic carbocycles. The maximum Gasteiger partial charge on any atom is 0.275 e. The smallest absolute Gasteiger partial charge is 0.275 e. The van der Waals surface area contributed by atoms with Gasteiger partial charge in [-0.2, -0.15) is 0 Å².